The highest BCUT2D eigenvalue weighted by Gasteiger charge is 2.15. The summed E-state index contributed by atoms with van der Waals surface area (Å²) >= 11 is 6.91. The van der Waals surface area contributed by atoms with Crippen molar-refractivity contribution in [3.8, 4) is 10.6 Å². The maximum absolute atomic E-state index is 5.35. The number of halogens is 1. The molecule has 3 rings (SSSR count). The number of thiazole rings is 1. The summed E-state index contributed by atoms with van der Waals surface area (Å²) in [5.74, 6) is 0. The van der Waals surface area contributed by atoms with E-state index in [1.54, 1.807) is 22.7 Å². The maximum atomic E-state index is 5.35. The monoisotopic (exact) mass is 330 g/mol. The number of ether oxygens (including phenoxy) is 1. The highest BCUT2D eigenvalue weighted by atomic mass is 79.9. The summed E-state index contributed by atoms with van der Waals surface area (Å²) in [6, 6.07) is 4.17. The molecule has 0 atom stereocenters. The third-order valence-electron chi connectivity index (χ3n) is 2.60. The number of rotatable bonds is 2. The minimum atomic E-state index is 0.805. The zero-order chi connectivity index (χ0) is 11.7. The summed E-state index contributed by atoms with van der Waals surface area (Å²) < 4.78 is 6.49. The molecule has 1 aliphatic rings. The van der Waals surface area contributed by atoms with Crippen molar-refractivity contribution >= 4 is 43.7 Å². The van der Waals surface area contributed by atoms with E-state index in [1.165, 1.54) is 4.88 Å². The average molecular weight is 331 g/mol. The molecule has 17 heavy (non-hydrogen) atoms. The summed E-state index contributed by atoms with van der Waals surface area (Å²) in [4.78, 5) is 8.20. The van der Waals surface area contributed by atoms with Gasteiger partial charge in [-0.1, -0.05) is 0 Å². The van der Waals surface area contributed by atoms with Gasteiger partial charge < -0.3 is 9.64 Å². The number of hydrogen-bond donors (Lipinski definition) is 0. The average Bonchev–Trinajstić information content (AvgIpc) is 2.98. The minimum Gasteiger partial charge on any atom is -0.378 e. The van der Waals surface area contributed by atoms with E-state index in [9.17, 15) is 0 Å². The van der Waals surface area contributed by atoms with Gasteiger partial charge in [0.15, 0.2) is 5.13 Å². The van der Waals surface area contributed by atoms with Crippen LogP contribution in [0.25, 0.3) is 10.6 Å². The van der Waals surface area contributed by atoms with Gasteiger partial charge in [-0.2, -0.15) is 0 Å². The maximum Gasteiger partial charge on any atom is 0.186 e. The fourth-order valence-electron chi connectivity index (χ4n) is 1.73. The topological polar surface area (TPSA) is 25.4 Å². The van der Waals surface area contributed by atoms with Gasteiger partial charge in [0.1, 0.15) is 0 Å². The lowest BCUT2D eigenvalue weighted by atomic mass is 10.4. The molecular weight excluding hydrogens is 320 g/mol. The molecule has 0 unspecified atom stereocenters. The fourth-order valence-corrected chi connectivity index (χ4v) is 4.03. The number of hydrogen-bond acceptors (Lipinski definition) is 5. The first-order valence-corrected chi connectivity index (χ1v) is 7.86. The molecule has 1 fully saturated rings. The lowest BCUT2D eigenvalue weighted by Gasteiger charge is -2.25. The van der Waals surface area contributed by atoms with Crippen LogP contribution in [0.1, 0.15) is 0 Å². The molecule has 0 saturated carbocycles. The number of thiophene rings is 1. The van der Waals surface area contributed by atoms with Crippen molar-refractivity contribution in [2.24, 2.45) is 0 Å². The number of nitrogens with zero attached hydrogens (tertiary/aromatic N) is 2. The summed E-state index contributed by atoms with van der Waals surface area (Å²) in [6.07, 6.45) is 0. The molecule has 2 aromatic rings. The number of anilines is 1. The molecule has 0 amide bonds. The van der Waals surface area contributed by atoms with Gasteiger partial charge in [-0.15, -0.1) is 22.7 Å². The molecule has 1 saturated heterocycles. The fraction of sp³-hybridized carbons (Fsp3) is 0.364. The van der Waals surface area contributed by atoms with E-state index in [2.05, 4.69) is 38.3 Å². The smallest absolute Gasteiger partial charge is 0.186 e. The van der Waals surface area contributed by atoms with Gasteiger partial charge in [0, 0.05) is 18.5 Å². The molecule has 6 heteroatoms. The van der Waals surface area contributed by atoms with Gasteiger partial charge in [-0.25, -0.2) is 4.98 Å². The van der Waals surface area contributed by atoms with Crippen LogP contribution in [0.3, 0.4) is 0 Å². The van der Waals surface area contributed by atoms with Crippen LogP contribution in [-0.2, 0) is 4.74 Å². The third-order valence-corrected chi connectivity index (χ3v) is 5.15. The molecule has 3 heterocycles. The zero-order valence-corrected chi connectivity index (χ0v) is 12.3. The molecule has 1 aliphatic heterocycles. The molecule has 2 aromatic heterocycles. The summed E-state index contributed by atoms with van der Waals surface area (Å²) in [7, 11) is 0. The quantitative estimate of drug-likeness (QED) is 0.843. The molecule has 0 aliphatic carbocycles. The number of aromatic nitrogens is 1. The van der Waals surface area contributed by atoms with Crippen LogP contribution in [0, 0.1) is 0 Å². The first kappa shape index (κ1) is 11.6. The molecule has 0 N–H and O–H groups in total. The Hall–Kier alpha value is -0.430. The van der Waals surface area contributed by atoms with Crippen molar-refractivity contribution in [1.29, 1.82) is 0 Å². The summed E-state index contributed by atoms with van der Waals surface area (Å²) in [5, 5.41) is 3.23. The van der Waals surface area contributed by atoms with Gasteiger partial charge >= 0.3 is 0 Å². The molecule has 0 bridgehead atoms. The van der Waals surface area contributed by atoms with E-state index in [0.717, 1.165) is 40.9 Å². The second-order valence-electron chi connectivity index (χ2n) is 3.72. The highest BCUT2D eigenvalue weighted by Crippen LogP contribution is 2.34. The van der Waals surface area contributed by atoms with E-state index < -0.39 is 0 Å². The standard InChI is InChI=1S/C11H11BrN2OS2/c12-10-2-1-9(17-10)8-7-16-11(13-8)14-3-5-15-6-4-14/h1-2,7H,3-6H2. The van der Waals surface area contributed by atoms with E-state index in [0.29, 0.717) is 0 Å². The minimum absolute atomic E-state index is 0.805. The van der Waals surface area contributed by atoms with E-state index >= 15 is 0 Å². The van der Waals surface area contributed by atoms with Crippen LogP contribution in [0.4, 0.5) is 5.13 Å². The SMILES string of the molecule is Brc1ccc(-c2csc(N3CCOCC3)n2)s1. The van der Waals surface area contributed by atoms with Crippen LogP contribution in [0.2, 0.25) is 0 Å². The third kappa shape index (κ3) is 2.54. The first-order valence-electron chi connectivity index (χ1n) is 5.37. The predicted molar refractivity (Wildman–Crippen MR) is 76.2 cm³/mol. The van der Waals surface area contributed by atoms with Crippen molar-refractivity contribution in [3.05, 3.63) is 21.3 Å². The van der Waals surface area contributed by atoms with Crippen molar-refractivity contribution in [2.45, 2.75) is 0 Å². The van der Waals surface area contributed by atoms with Gasteiger partial charge in [0.25, 0.3) is 0 Å². The van der Waals surface area contributed by atoms with E-state index in [-0.39, 0.29) is 0 Å². The van der Waals surface area contributed by atoms with Crippen LogP contribution in [0.15, 0.2) is 21.3 Å². The Morgan fingerprint density at radius 1 is 1.29 bits per heavy atom. The molecule has 0 radical (unpaired) electrons. The normalized spacial score (nSPS) is 16.4. The Labute approximate surface area is 116 Å². The largest absolute Gasteiger partial charge is 0.378 e. The van der Waals surface area contributed by atoms with Crippen LogP contribution >= 0.6 is 38.6 Å². The summed E-state index contributed by atoms with van der Waals surface area (Å²) in [6.45, 7) is 3.50. The van der Waals surface area contributed by atoms with Crippen LogP contribution in [-0.4, -0.2) is 31.3 Å². The molecule has 0 spiro atoms. The predicted octanol–water partition coefficient (Wildman–Crippen LogP) is 3.47. The lowest BCUT2D eigenvalue weighted by Crippen LogP contribution is -2.36. The second kappa shape index (κ2) is 5.06. The van der Waals surface area contributed by atoms with E-state index in [1.807, 2.05) is 0 Å². The summed E-state index contributed by atoms with van der Waals surface area (Å²) in [5.41, 5.74) is 1.08. The zero-order valence-electron chi connectivity index (χ0n) is 9.06. The Balaban J connectivity index is 1.82. The Morgan fingerprint density at radius 3 is 2.82 bits per heavy atom. The van der Waals surface area contributed by atoms with Crippen molar-refractivity contribution in [2.75, 3.05) is 31.2 Å². The Bertz CT molecular complexity index is 505. The molecule has 90 valence electrons. The Kier molecular flexibility index (Phi) is 3.46. The van der Waals surface area contributed by atoms with Gasteiger partial charge in [-0.05, 0) is 28.1 Å². The second-order valence-corrected chi connectivity index (χ2v) is 7.02. The highest BCUT2D eigenvalue weighted by molar-refractivity contribution is 9.11. The molecular formula is C11H11BrN2OS2. The molecule has 3 nitrogen and oxygen atoms in total. The Morgan fingerprint density at radius 2 is 2.12 bits per heavy atom. The van der Waals surface area contributed by atoms with Crippen molar-refractivity contribution in [3.63, 3.8) is 0 Å². The van der Waals surface area contributed by atoms with Crippen LogP contribution < -0.4 is 4.90 Å². The molecule has 0 aromatic carbocycles. The van der Waals surface area contributed by atoms with Crippen LogP contribution in [0.5, 0.6) is 0 Å². The van der Waals surface area contributed by atoms with Gasteiger partial charge in [-0.3, -0.25) is 0 Å². The lowest BCUT2D eigenvalue weighted by molar-refractivity contribution is 0.122. The first-order chi connectivity index (χ1) is 8.33. The van der Waals surface area contributed by atoms with Crippen molar-refractivity contribution < 1.29 is 4.74 Å². The number of morpholine rings is 1. The van der Waals surface area contributed by atoms with E-state index in [4.69, 9.17) is 9.72 Å². The van der Waals surface area contributed by atoms with Gasteiger partial charge in [0.05, 0.1) is 27.6 Å². The van der Waals surface area contributed by atoms with Gasteiger partial charge in [0.2, 0.25) is 0 Å². The van der Waals surface area contributed by atoms with Crippen molar-refractivity contribution in [1.82, 2.24) is 4.98 Å².